The minimum Gasteiger partial charge on any atom is -0.461 e. The molecule has 0 amide bonds. The van der Waals surface area contributed by atoms with Crippen molar-refractivity contribution in [2.24, 2.45) is 0 Å². The summed E-state index contributed by atoms with van der Waals surface area (Å²) >= 11 is 3.47. The largest absolute Gasteiger partial charge is 0.461 e. The van der Waals surface area contributed by atoms with Crippen LogP contribution in [0.25, 0.3) is 0 Å². The van der Waals surface area contributed by atoms with Gasteiger partial charge in [0.2, 0.25) is 0 Å². The molecule has 0 saturated heterocycles. The van der Waals surface area contributed by atoms with Crippen LogP contribution in [0.3, 0.4) is 0 Å². The Labute approximate surface area is 121 Å². The van der Waals surface area contributed by atoms with Gasteiger partial charge in [0.25, 0.3) is 0 Å². The highest BCUT2D eigenvalue weighted by molar-refractivity contribution is 7.63. The van der Waals surface area contributed by atoms with Crippen molar-refractivity contribution in [2.75, 3.05) is 7.11 Å². The summed E-state index contributed by atoms with van der Waals surface area (Å²) < 4.78 is 24.4. The number of hydrogen-bond donors (Lipinski definition) is 0. The Bertz CT molecular complexity index is 649. The van der Waals surface area contributed by atoms with Gasteiger partial charge in [-0.1, -0.05) is 0 Å². The third-order valence-corrected chi connectivity index (χ3v) is 3.98. The van der Waals surface area contributed by atoms with Crippen molar-refractivity contribution in [3.63, 3.8) is 0 Å². The van der Waals surface area contributed by atoms with Crippen molar-refractivity contribution in [1.29, 1.82) is 0 Å². The second-order valence-electron chi connectivity index (χ2n) is 4.82. The first-order chi connectivity index (χ1) is 9.58. The number of ketones is 1. The van der Waals surface area contributed by atoms with Crippen molar-refractivity contribution in [3.8, 4) is 5.75 Å². The molecule has 0 spiro atoms. The van der Waals surface area contributed by atoms with Gasteiger partial charge < -0.3 is 9.47 Å². The Morgan fingerprint density at radius 2 is 2.25 bits per heavy atom. The molecule has 1 aliphatic carbocycles. The molecule has 0 saturated carbocycles. The van der Waals surface area contributed by atoms with Crippen LogP contribution in [0.1, 0.15) is 12.0 Å². The Morgan fingerprint density at radius 3 is 3.00 bits per heavy atom. The number of fused-ring (bicyclic) bond motifs is 1. The van der Waals surface area contributed by atoms with Gasteiger partial charge in [-0.05, 0) is 30.8 Å². The maximum atomic E-state index is 13.3. The predicted molar refractivity (Wildman–Crippen MR) is 76.4 cm³/mol. The maximum absolute atomic E-state index is 13.3. The van der Waals surface area contributed by atoms with Crippen molar-refractivity contribution in [2.45, 2.75) is 18.9 Å². The number of methoxy groups -OCH3 is 1. The fourth-order valence-electron chi connectivity index (χ4n) is 2.45. The average Bonchev–Trinajstić information content (AvgIpc) is 2.54. The van der Waals surface area contributed by atoms with Crippen molar-refractivity contribution in [1.82, 2.24) is 0 Å². The van der Waals surface area contributed by atoms with Gasteiger partial charge in [-0.2, -0.15) is 0 Å². The zero-order chi connectivity index (χ0) is 14.3. The van der Waals surface area contributed by atoms with E-state index in [9.17, 15) is 9.18 Å². The lowest BCUT2D eigenvalue weighted by Crippen LogP contribution is -2.22. The Kier molecular flexibility index (Phi) is 3.40. The number of halogens is 1. The highest BCUT2D eigenvalue weighted by atomic mass is 32.1. The number of allylic oxidation sites excluding steroid dienone is 2. The number of carbonyl (C=O) groups excluding carboxylic acids is 1. The number of hydrogen-bond acceptors (Lipinski definition) is 3. The first kappa shape index (κ1) is 13.4. The molecule has 104 valence electrons. The molecular weight excluding hydrogens is 279 g/mol. The fourth-order valence-corrected chi connectivity index (χ4v) is 2.81. The van der Waals surface area contributed by atoms with E-state index in [4.69, 9.17) is 9.47 Å². The molecule has 0 bridgehead atoms. The highest BCUT2D eigenvalue weighted by Crippen LogP contribution is 2.34. The molecular formula is C15H14FO3S+. The zero-order valence-corrected chi connectivity index (χ0v) is 11.9. The van der Waals surface area contributed by atoms with Crippen LogP contribution < -0.4 is 4.74 Å². The van der Waals surface area contributed by atoms with E-state index < -0.39 is 0 Å². The predicted octanol–water partition coefficient (Wildman–Crippen LogP) is 1.90. The Balaban J connectivity index is 2.04. The summed E-state index contributed by atoms with van der Waals surface area (Å²) in [4.78, 5) is 13.1. The van der Waals surface area contributed by atoms with Gasteiger partial charge in [0.05, 0.1) is 5.57 Å². The van der Waals surface area contributed by atoms with E-state index in [1.165, 1.54) is 12.1 Å². The molecule has 0 radical (unpaired) electrons. The molecule has 1 aromatic rings. The summed E-state index contributed by atoms with van der Waals surface area (Å²) in [6, 6.07) is 4.23. The Morgan fingerprint density at radius 1 is 1.45 bits per heavy atom. The van der Waals surface area contributed by atoms with Gasteiger partial charge in [0.1, 0.15) is 23.4 Å². The summed E-state index contributed by atoms with van der Waals surface area (Å²) in [5.41, 5.74) is 1.10. The van der Waals surface area contributed by atoms with E-state index >= 15 is 0 Å². The molecule has 1 unspecified atom stereocenters. The van der Waals surface area contributed by atoms with E-state index in [1.807, 2.05) is 0 Å². The van der Waals surface area contributed by atoms with Crippen LogP contribution >= 0.6 is 0 Å². The van der Waals surface area contributed by atoms with E-state index in [0.717, 1.165) is 4.91 Å². The second kappa shape index (κ2) is 5.07. The monoisotopic (exact) mass is 293 g/mol. The number of ether oxygens (including phenoxy) is 2. The summed E-state index contributed by atoms with van der Waals surface area (Å²) in [5.74, 6) is 0.667. The molecule has 1 aromatic carbocycles. The average molecular weight is 293 g/mol. The second-order valence-corrected chi connectivity index (χ2v) is 5.40. The lowest BCUT2D eigenvalue weighted by molar-refractivity contribution is -0.114. The van der Waals surface area contributed by atoms with Crippen LogP contribution in [-0.4, -0.2) is 19.0 Å². The van der Waals surface area contributed by atoms with Crippen molar-refractivity contribution >= 4 is 18.4 Å². The standard InChI is InChI=1S/C15H13FO3S/c1-18-14-7-13-10(6-15(14)20)11(17)5-8-4-9(16)2-3-12(8)19-13/h2-4,6,14,20H,5,7H2,1H3/p+1. The molecule has 0 N–H and O–H groups in total. The number of benzene rings is 1. The molecule has 5 heteroatoms. The van der Waals surface area contributed by atoms with E-state index in [2.05, 4.69) is 12.6 Å². The van der Waals surface area contributed by atoms with Crippen molar-refractivity contribution in [3.05, 3.63) is 51.9 Å². The van der Waals surface area contributed by atoms with Crippen LogP contribution in [-0.2, 0) is 28.6 Å². The molecule has 2 aliphatic rings. The summed E-state index contributed by atoms with van der Waals surface area (Å²) in [7, 11) is 1.60. The van der Waals surface area contributed by atoms with Gasteiger partial charge in [0.15, 0.2) is 10.7 Å². The van der Waals surface area contributed by atoms with Crippen LogP contribution in [0.4, 0.5) is 4.39 Å². The maximum Gasteiger partial charge on any atom is 0.170 e. The van der Waals surface area contributed by atoms with Gasteiger partial charge in [-0.15, -0.1) is 0 Å². The number of rotatable bonds is 1. The minimum atomic E-state index is -0.369. The summed E-state index contributed by atoms with van der Waals surface area (Å²) in [6.45, 7) is 0. The molecule has 3 rings (SSSR count). The third kappa shape index (κ3) is 2.27. The SMILES string of the molecule is COC1CC2=C(C=C1[SH2+])C(=O)Cc1cc(F)ccc1O2. The Hall–Kier alpha value is -1.59. The number of carbonyl (C=O) groups is 1. The molecule has 0 fully saturated rings. The fraction of sp³-hybridized carbons (Fsp3) is 0.267. The lowest BCUT2D eigenvalue weighted by Gasteiger charge is -2.20. The van der Waals surface area contributed by atoms with E-state index in [-0.39, 0.29) is 24.1 Å². The quantitative estimate of drug-likeness (QED) is 0.742. The molecule has 20 heavy (non-hydrogen) atoms. The van der Waals surface area contributed by atoms with Crippen LogP contribution in [0.2, 0.25) is 0 Å². The van der Waals surface area contributed by atoms with E-state index in [0.29, 0.717) is 29.1 Å². The van der Waals surface area contributed by atoms with Gasteiger partial charge in [0, 0.05) is 31.6 Å². The normalized spacial score (nSPS) is 21.6. The zero-order valence-electron chi connectivity index (χ0n) is 10.9. The topological polar surface area (TPSA) is 35.5 Å². The van der Waals surface area contributed by atoms with Crippen LogP contribution in [0.15, 0.2) is 40.5 Å². The molecule has 1 heterocycles. The summed E-state index contributed by atoms with van der Waals surface area (Å²) in [5, 5.41) is 0. The lowest BCUT2D eigenvalue weighted by atomic mass is 9.96. The first-order valence-corrected chi connectivity index (χ1v) is 6.77. The van der Waals surface area contributed by atoms with Crippen LogP contribution in [0.5, 0.6) is 5.75 Å². The van der Waals surface area contributed by atoms with E-state index in [1.54, 1.807) is 19.3 Å². The molecule has 3 nitrogen and oxygen atoms in total. The smallest absolute Gasteiger partial charge is 0.170 e. The number of Topliss-reactive ketones (excluding diaryl/α,β-unsaturated/α-hetero) is 1. The van der Waals surface area contributed by atoms with Crippen LogP contribution in [0, 0.1) is 5.82 Å². The van der Waals surface area contributed by atoms with Crippen molar-refractivity contribution < 1.29 is 18.7 Å². The molecule has 0 aromatic heterocycles. The molecule has 1 atom stereocenters. The van der Waals surface area contributed by atoms with Gasteiger partial charge in [-0.25, -0.2) is 4.39 Å². The van der Waals surface area contributed by atoms with Gasteiger partial charge >= 0.3 is 0 Å². The van der Waals surface area contributed by atoms with Gasteiger partial charge in [-0.3, -0.25) is 4.79 Å². The molecule has 1 aliphatic heterocycles. The third-order valence-electron chi connectivity index (χ3n) is 3.51. The highest BCUT2D eigenvalue weighted by Gasteiger charge is 2.32. The first-order valence-electron chi connectivity index (χ1n) is 6.27. The minimum absolute atomic E-state index is 0.0744. The summed E-state index contributed by atoms with van der Waals surface area (Å²) in [6.07, 6.45) is 2.18.